The van der Waals surface area contributed by atoms with Crippen LogP contribution in [0.4, 0.5) is 5.69 Å². The normalized spacial score (nSPS) is 18.3. The van der Waals surface area contributed by atoms with Crippen LogP contribution in [0.5, 0.6) is 0 Å². The second kappa shape index (κ2) is 11.4. The van der Waals surface area contributed by atoms with Crippen molar-refractivity contribution in [3.63, 3.8) is 0 Å². The first-order valence-corrected chi connectivity index (χ1v) is 13.6. The fraction of sp³-hybridized carbons (Fsp3) is 0.387. The van der Waals surface area contributed by atoms with Gasteiger partial charge >= 0.3 is 0 Å². The Balaban J connectivity index is 1.28. The molecule has 1 amide bonds. The van der Waals surface area contributed by atoms with Crippen molar-refractivity contribution >= 4 is 29.7 Å². The molecule has 0 bridgehead atoms. The van der Waals surface area contributed by atoms with E-state index >= 15 is 0 Å². The van der Waals surface area contributed by atoms with Gasteiger partial charge in [0.1, 0.15) is 6.34 Å². The Morgan fingerprint density at radius 1 is 1.11 bits per heavy atom. The summed E-state index contributed by atoms with van der Waals surface area (Å²) >= 11 is 0. The van der Waals surface area contributed by atoms with E-state index in [9.17, 15) is 4.79 Å². The zero-order valence-corrected chi connectivity index (χ0v) is 22.4. The maximum Gasteiger partial charge on any atom is 0.225 e. The number of nitrogens with zero attached hydrogens (tertiary/aromatic N) is 4. The minimum atomic E-state index is 0.312. The van der Waals surface area contributed by atoms with E-state index in [1.165, 1.54) is 28.0 Å². The monoisotopic (exact) mass is 510 g/mol. The summed E-state index contributed by atoms with van der Waals surface area (Å²) in [5.74, 6) is 12.7. The lowest BCUT2D eigenvalue weighted by molar-refractivity contribution is -0.133. The van der Waals surface area contributed by atoms with Crippen LogP contribution in [-0.2, 0) is 11.2 Å². The van der Waals surface area contributed by atoms with Gasteiger partial charge in [0.05, 0.1) is 5.69 Å². The molecular weight excluding hydrogens is 472 g/mol. The van der Waals surface area contributed by atoms with Crippen molar-refractivity contribution in [1.82, 2.24) is 4.90 Å². The molecule has 1 aliphatic carbocycles. The number of hydrazone groups is 1. The van der Waals surface area contributed by atoms with Crippen LogP contribution in [0.1, 0.15) is 65.8 Å². The van der Waals surface area contributed by atoms with Crippen molar-refractivity contribution in [3.8, 4) is 0 Å². The van der Waals surface area contributed by atoms with Crippen LogP contribution in [0, 0.1) is 19.8 Å². The summed E-state index contributed by atoms with van der Waals surface area (Å²) in [4.78, 5) is 19.4. The van der Waals surface area contributed by atoms with Gasteiger partial charge in [-0.3, -0.25) is 14.8 Å². The number of hydrogen-bond donors (Lipinski definition) is 2. The third kappa shape index (κ3) is 5.89. The molecule has 0 aromatic heterocycles. The van der Waals surface area contributed by atoms with Gasteiger partial charge in [-0.15, -0.1) is 0 Å². The molecule has 198 valence electrons. The molecule has 4 N–H and O–H groups in total. The summed E-state index contributed by atoms with van der Waals surface area (Å²) in [7, 11) is 0. The van der Waals surface area contributed by atoms with E-state index in [0.717, 1.165) is 79.7 Å². The summed E-state index contributed by atoms with van der Waals surface area (Å²) in [5.41, 5.74) is 9.02. The molecule has 0 atom stereocenters. The molecule has 3 aliphatic rings. The van der Waals surface area contributed by atoms with Gasteiger partial charge in [-0.1, -0.05) is 42.0 Å². The Morgan fingerprint density at radius 2 is 1.89 bits per heavy atom. The van der Waals surface area contributed by atoms with Crippen molar-refractivity contribution in [2.24, 2.45) is 27.7 Å². The number of carbonyl (C=O) groups excluding carboxylic acids is 1. The van der Waals surface area contributed by atoms with Crippen LogP contribution in [-0.4, -0.2) is 36.4 Å². The average Bonchev–Trinajstić information content (AvgIpc) is 3.78. The zero-order valence-electron chi connectivity index (χ0n) is 22.4. The number of anilines is 1. The number of likely N-dealkylation sites (tertiary alicyclic amines) is 1. The van der Waals surface area contributed by atoms with Gasteiger partial charge in [-0.25, -0.2) is 5.84 Å². The summed E-state index contributed by atoms with van der Waals surface area (Å²) < 4.78 is 0. The molecule has 38 heavy (non-hydrogen) atoms. The van der Waals surface area contributed by atoms with Gasteiger partial charge in [-0.05, 0) is 86.3 Å². The standard InChI is InChI=1S/C31H38N6O/c1-21-6-11-30(37(33)20-35-32)29(16-21)26-4-3-5-28(34-19-26)18-27-17-25(8-7-22(27)2)23-12-14-36(15-13-23)31(38)24-9-10-24/h4-8,11,16-17,19-20,23-24H,3,9-10,12-15,18,32-33H2,1-2H3/b35-20-. The quantitative estimate of drug-likeness (QED) is 0.237. The Morgan fingerprint density at radius 3 is 2.63 bits per heavy atom. The molecule has 2 aliphatic heterocycles. The Kier molecular flexibility index (Phi) is 7.74. The predicted molar refractivity (Wildman–Crippen MR) is 156 cm³/mol. The summed E-state index contributed by atoms with van der Waals surface area (Å²) in [6.07, 6.45) is 13.6. The average molecular weight is 511 g/mol. The van der Waals surface area contributed by atoms with Crippen LogP contribution in [0.2, 0.25) is 0 Å². The molecule has 0 unspecified atom stereocenters. The molecule has 1 saturated carbocycles. The molecule has 1 saturated heterocycles. The number of carbonyl (C=O) groups is 1. The van der Waals surface area contributed by atoms with E-state index in [4.69, 9.17) is 16.7 Å². The number of aliphatic imine (C=N–C) groups is 1. The van der Waals surface area contributed by atoms with Gasteiger partial charge in [-0.2, -0.15) is 5.10 Å². The minimum absolute atomic E-state index is 0.312. The van der Waals surface area contributed by atoms with Crippen molar-refractivity contribution in [1.29, 1.82) is 0 Å². The van der Waals surface area contributed by atoms with Gasteiger partial charge in [0.15, 0.2) is 0 Å². The number of hydrogen-bond acceptors (Lipinski definition) is 5. The van der Waals surface area contributed by atoms with E-state index < -0.39 is 0 Å². The van der Waals surface area contributed by atoms with Crippen molar-refractivity contribution in [3.05, 3.63) is 82.1 Å². The molecule has 0 radical (unpaired) electrons. The lowest BCUT2D eigenvalue weighted by Crippen LogP contribution is -2.38. The first kappa shape index (κ1) is 25.9. The lowest BCUT2D eigenvalue weighted by Gasteiger charge is -2.32. The fourth-order valence-electron chi connectivity index (χ4n) is 5.47. The number of piperidine rings is 1. The second-order valence-electron chi connectivity index (χ2n) is 10.8. The van der Waals surface area contributed by atoms with Crippen LogP contribution >= 0.6 is 0 Å². The number of hydrazine groups is 1. The van der Waals surface area contributed by atoms with Gasteiger partial charge < -0.3 is 10.7 Å². The van der Waals surface area contributed by atoms with Crippen molar-refractivity contribution < 1.29 is 4.79 Å². The third-order valence-corrected chi connectivity index (χ3v) is 7.94. The number of aryl methyl sites for hydroxylation is 2. The number of amides is 1. The van der Waals surface area contributed by atoms with E-state index in [1.54, 1.807) is 0 Å². The highest BCUT2D eigenvalue weighted by molar-refractivity contribution is 6.13. The Hall–Kier alpha value is -3.71. The third-order valence-electron chi connectivity index (χ3n) is 7.94. The highest BCUT2D eigenvalue weighted by Crippen LogP contribution is 2.35. The number of benzene rings is 2. The Bertz CT molecular complexity index is 1310. The molecule has 2 fully saturated rings. The molecule has 5 rings (SSSR count). The van der Waals surface area contributed by atoms with Gasteiger partial charge in [0.2, 0.25) is 5.91 Å². The summed E-state index contributed by atoms with van der Waals surface area (Å²) in [5, 5.41) is 5.00. The molecule has 2 aromatic carbocycles. The van der Waals surface area contributed by atoms with Gasteiger partial charge in [0.25, 0.3) is 0 Å². The fourth-order valence-corrected chi connectivity index (χ4v) is 5.47. The van der Waals surface area contributed by atoms with E-state index in [1.807, 2.05) is 18.3 Å². The smallest absolute Gasteiger partial charge is 0.225 e. The lowest BCUT2D eigenvalue weighted by atomic mass is 9.87. The number of nitrogens with two attached hydrogens (primary N) is 2. The van der Waals surface area contributed by atoms with Crippen molar-refractivity contribution in [2.45, 2.75) is 58.3 Å². The first-order chi connectivity index (χ1) is 18.4. The predicted octanol–water partition coefficient (Wildman–Crippen LogP) is 4.99. The van der Waals surface area contributed by atoms with Crippen molar-refractivity contribution in [2.75, 3.05) is 18.1 Å². The number of rotatable bonds is 7. The minimum Gasteiger partial charge on any atom is -0.342 e. The van der Waals surface area contributed by atoms with E-state index in [0.29, 0.717) is 17.7 Å². The molecule has 7 heteroatoms. The van der Waals surface area contributed by atoms with E-state index in [2.05, 4.69) is 60.3 Å². The Labute approximate surface area is 225 Å². The maximum absolute atomic E-state index is 12.4. The summed E-state index contributed by atoms with van der Waals surface area (Å²) in [6.45, 7) is 6.00. The highest BCUT2D eigenvalue weighted by Gasteiger charge is 2.35. The van der Waals surface area contributed by atoms with Crippen LogP contribution in [0.15, 0.2) is 64.3 Å². The second-order valence-corrected chi connectivity index (χ2v) is 10.8. The zero-order chi connectivity index (χ0) is 26.6. The molecule has 7 nitrogen and oxygen atoms in total. The highest BCUT2D eigenvalue weighted by atomic mass is 16.2. The van der Waals surface area contributed by atoms with E-state index in [-0.39, 0.29) is 0 Å². The topological polar surface area (TPSA) is 100 Å². The molecular formula is C31H38N6O. The SMILES string of the molecule is Cc1ccc(N(N)/C=N\N)c(C2=CCC=C(Cc3cc(C4CCN(C(=O)C5CC5)CC4)ccc3C)N=C2)c1. The van der Waals surface area contributed by atoms with Crippen LogP contribution in [0.25, 0.3) is 5.57 Å². The molecule has 0 spiro atoms. The van der Waals surface area contributed by atoms with Crippen LogP contribution < -0.4 is 16.7 Å². The van der Waals surface area contributed by atoms with Crippen LogP contribution in [0.3, 0.4) is 0 Å². The largest absolute Gasteiger partial charge is 0.342 e. The maximum atomic E-state index is 12.4. The molecule has 2 aromatic rings. The molecule has 2 heterocycles. The number of allylic oxidation sites excluding steroid dienone is 4. The first-order valence-electron chi connectivity index (χ1n) is 13.6. The van der Waals surface area contributed by atoms with Gasteiger partial charge in [0, 0.05) is 42.9 Å². The summed E-state index contributed by atoms with van der Waals surface area (Å²) in [6, 6.07) is 13.0.